The van der Waals surface area contributed by atoms with Gasteiger partial charge in [0.25, 0.3) is 5.69 Å². The maximum absolute atomic E-state index is 11.4. The van der Waals surface area contributed by atoms with Gasteiger partial charge >= 0.3 is 0 Å². The lowest BCUT2D eigenvalue weighted by molar-refractivity contribution is -0.384. The first-order valence-electron chi connectivity index (χ1n) is 7.15. The van der Waals surface area contributed by atoms with Gasteiger partial charge in [0.05, 0.1) is 11.0 Å². The molecule has 0 aliphatic carbocycles. The van der Waals surface area contributed by atoms with E-state index in [1.54, 1.807) is 11.0 Å². The smallest absolute Gasteiger partial charge is 0.296 e. The van der Waals surface area contributed by atoms with Crippen LogP contribution in [-0.2, 0) is 4.79 Å². The van der Waals surface area contributed by atoms with Gasteiger partial charge < -0.3 is 19.3 Å². The predicted octanol–water partition coefficient (Wildman–Crippen LogP) is 1.03. The van der Waals surface area contributed by atoms with Crippen molar-refractivity contribution in [2.45, 2.75) is 6.92 Å². The average molecular weight is 307 g/mol. The first-order chi connectivity index (χ1) is 10.6. The Morgan fingerprint density at radius 1 is 1.14 bits per heavy atom. The maximum Gasteiger partial charge on any atom is 0.296 e. The predicted molar refractivity (Wildman–Crippen MR) is 78.6 cm³/mol. The molecule has 1 saturated heterocycles. The van der Waals surface area contributed by atoms with Crippen molar-refractivity contribution in [1.82, 2.24) is 4.90 Å². The Morgan fingerprint density at radius 2 is 1.73 bits per heavy atom. The van der Waals surface area contributed by atoms with E-state index in [2.05, 4.69) is 0 Å². The van der Waals surface area contributed by atoms with Gasteiger partial charge in [-0.1, -0.05) is 0 Å². The summed E-state index contributed by atoms with van der Waals surface area (Å²) < 4.78 is 10.9. The number of rotatable bonds is 2. The number of benzene rings is 1. The van der Waals surface area contributed by atoms with Gasteiger partial charge in [-0.25, -0.2) is 0 Å². The van der Waals surface area contributed by atoms with Gasteiger partial charge in [-0.15, -0.1) is 0 Å². The zero-order valence-electron chi connectivity index (χ0n) is 12.3. The summed E-state index contributed by atoms with van der Waals surface area (Å²) in [5.74, 6) is 0.959. The van der Waals surface area contributed by atoms with Crippen LogP contribution in [0.2, 0.25) is 0 Å². The number of nitrogens with zero attached hydrogens (tertiary/aromatic N) is 3. The molecule has 0 N–H and O–H groups in total. The summed E-state index contributed by atoms with van der Waals surface area (Å²) in [5.41, 5.74) is 0.512. The van der Waals surface area contributed by atoms with Crippen LogP contribution in [0.1, 0.15) is 6.92 Å². The monoisotopic (exact) mass is 307 g/mol. The third kappa shape index (κ3) is 2.63. The zero-order chi connectivity index (χ0) is 15.7. The summed E-state index contributed by atoms with van der Waals surface area (Å²) in [4.78, 5) is 25.9. The summed E-state index contributed by atoms with van der Waals surface area (Å²) in [5, 5.41) is 11.3. The summed E-state index contributed by atoms with van der Waals surface area (Å²) in [7, 11) is 0. The third-order valence-electron chi connectivity index (χ3n) is 3.90. The van der Waals surface area contributed by atoms with E-state index in [0.717, 1.165) is 0 Å². The summed E-state index contributed by atoms with van der Waals surface area (Å²) in [6.07, 6.45) is 0. The van der Waals surface area contributed by atoms with Gasteiger partial charge in [-0.2, -0.15) is 0 Å². The van der Waals surface area contributed by atoms with E-state index >= 15 is 0 Å². The summed E-state index contributed by atoms with van der Waals surface area (Å²) >= 11 is 0. The molecule has 2 aliphatic rings. The molecule has 1 aromatic carbocycles. The number of piperazine rings is 1. The number of hydrogen-bond donors (Lipinski definition) is 0. The molecule has 2 heterocycles. The molecule has 1 amide bonds. The molecule has 0 saturated carbocycles. The molecule has 0 aromatic heterocycles. The number of nitro groups is 1. The highest BCUT2D eigenvalue weighted by molar-refractivity contribution is 5.74. The fourth-order valence-corrected chi connectivity index (χ4v) is 2.73. The van der Waals surface area contributed by atoms with Crippen LogP contribution in [-0.4, -0.2) is 55.1 Å². The lowest BCUT2D eigenvalue weighted by atomic mass is 10.2. The lowest BCUT2D eigenvalue weighted by Crippen LogP contribution is -2.48. The Bertz CT molecular complexity index is 611. The summed E-state index contributed by atoms with van der Waals surface area (Å²) in [6, 6.07) is 3.08. The number of nitro benzene ring substituents is 1. The molecule has 1 fully saturated rings. The minimum atomic E-state index is -0.412. The molecule has 0 atom stereocenters. The van der Waals surface area contributed by atoms with E-state index in [9.17, 15) is 14.9 Å². The standard InChI is InChI=1S/C14H17N3O5/c1-10(18)15-2-4-16(5-3-15)11-8-13-14(22-7-6-21-13)9-12(11)17(19)20/h8-9H,2-7H2,1H3. The number of carbonyl (C=O) groups is 1. The van der Waals surface area contributed by atoms with Gasteiger partial charge in [0.1, 0.15) is 18.9 Å². The Kier molecular flexibility index (Phi) is 3.74. The molecule has 8 heteroatoms. The van der Waals surface area contributed by atoms with Crippen LogP contribution in [0.15, 0.2) is 12.1 Å². The molecule has 22 heavy (non-hydrogen) atoms. The molecule has 0 unspecified atom stereocenters. The van der Waals surface area contributed by atoms with Gasteiger partial charge in [-0.3, -0.25) is 14.9 Å². The van der Waals surface area contributed by atoms with Crippen molar-refractivity contribution >= 4 is 17.3 Å². The van der Waals surface area contributed by atoms with Crippen LogP contribution in [0, 0.1) is 10.1 Å². The van der Waals surface area contributed by atoms with Crippen LogP contribution in [0.5, 0.6) is 11.5 Å². The Morgan fingerprint density at radius 3 is 2.27 bits per heavy atom. The number of anilines is 1. The van der Waals surface area contributed by atoms with Gasteiger partial charge in [0.15, 0.2) is 11.5 Å². The fraction of sp³-hybridized carbons (Fsp3) is 0.500. The Labute approximate surface area is 127 Å². The van der Waals surface area contributed by atoms with E-state index in [1.807, 2.05) is 4.90 Å². The minimum Gasteiger partial charge on any atom is -0.486 e. The van der Waals surface area contributed by atoms with Crippen LogP contribution < -0.4 is 14.4 Å². The van der Waals surface area contributed by atoms with Crippen LogP contribution in [0.3, 0.4) is 0 Å². The van der Waals surface area contributed by atoms with E-state index in [-0.39, 0.29) is 11.6 Å². The highest BCUT2D eigenvalue weighted by Gasteiger charge is 2.28. The largest absolute Gasteiger partial charge is 0.486 e. The fourth-order valence-electron chi connectivity index (χ4n) is 2.73. The van der Waals surface area contributed by atoms with Gasteiger partial charge in [0.2, 0.25) is 5.91 Å². The maximum atomic E-state index is 11.4. The van der Waals surface area contributed by atoms with E-state index < -0.39 is 4.92 Å². The first-order valence-corrected chi connectivity index (χ1v) is 7.15. The quantitative estimate of drug-likeness (QED) is 0.599. The number of fused-ring (bicyclic) bond motifs is 1. The normalized spacial score (nSPS) is 17.3. The molecule has 0 radical (unpaired) electrons. The molecular formula is C14H17N3O5. The van der Waals surface area contributed by atoms with Crippen molar-refractivity contribution in [3.63, 3.8) is 0 Å². The van der Waals surface area contributed by atoms with Crippen molar-refractivity contribution in [2.75, 3.05) is 44.3 Å². The third-order valence-corrected chi connectivity index (χ3v) is 3.90. The van der Waals surface area contributed by atoms with E-state index in [1.165, 1.54) is 13.0 Å². The van der Waals surface area contributed by atoms with Crippen molar-refractivity contribution < 1.29 is 19.2 Å². The molecule has 1 aromatic rings. The van der Waals surface area contributed by atoms with E-state index in [4.69, 9.17) is 9.47 Å². The van der Waals surface area contributed by atoms with Crippen molar-refractivity contribution in [3.05, 3.63) is 22.2 Å². The number of hydrogen-bond acceptors (Lipinski definition) is 6. The van der Waals surface area contributed by atoms with E-state index in [0.29, 0.717) is 56.6 Å². The Hall–Kier alpha value is -2.51. The van der Waals surface area contributed by atoms with Gasteiger partial charge in [-0.05, 0) is 0 Å². The topological polar surface area (TPSA) is 85.2 Å². The Balaban J connectivity index is 1.89. The molecule has 8 nitrogen and oxygen atoms in total. The molecule has 0 spiro atoms. The second kappa shape index (κ2) is 5.70. The highest BCUT2D eigenvalue weighted by Crippen LogP contribution is 2.41. The van der Waals surface area contributed by atoms with Gasteiger partial charge in [0, 0.05) is 39.2 Å². The molecule has 118 valence electrons. The molecule has 3 rings (SSSR count). The van der Waals surface area contributed by atoms with Crippen LogP contribution >= 0.6 is 0 Å². The second-order valence-corrected chi connectivity index (χ2v) is 5.23. The molecule has 2 aliphatic heterocycles. The average Bonchev–Trinajstić information content (AvgIpc) is 2.53. The number of amides is 1. The van der Waals surface area contributed by atoms with Crippen molar-refractivity contribution in [2.24, 2.45) is 0 Å². The lowest BCUT2D eigenvalue weighted by Gasteiger charge is -2.35. The highest BCUT2D eigenvalue weighted by atomic mass is 16.6. The SMILES string of the molecule is CC(=O)N1CCN(c2cc3c(cc2[N+](=O)[O-])OCCO3)CC1. The van der Waals surface area contributed by atoms with Crippen molar-refractivity contribution in [1.29, 1.82) is 0 Å². The van der Waals surface area contributed by atoms with Crippen LogP contribution in [0.25, 0.3) is 0 Å². The minimum absolute atomic E-state index is 0.000486. The summed E-state index contributed by atoms with van der Waals surface area (Å²) in [6.45, 7) is 4.58. The number of ether oxygens (including phenoxy) is 2. The second-order valence-electron chi connectivity index (χ2n) is 5.23. The van der Waals surface area contributed by atoms with Crippen LogP contribution in [0.4, 0.5) is 11.4 Å². The number of carbonyl (C=O) groups excluding carboxylic acids is 1. The van der Waals surface area contributed by atoms with Crippen molar-refractivity contribution in [3.8, 4) is 11.5 Å². The first kappa shape index (κ1) is 14.4. The molecular weight excluding hydrogens is 290 g/mol. The zero-order valence-corrected chi connectivity index (χ0v) is 12.3. The molecule has 0 bridgehead atoms.